The second kappa shape index (κ2) is 10.0. The maximum Gasteiger partial charge on any atom is 0.322 e. The first-order valence-electron chi connectivity index (χ1n) is 11.0. The van der Waals surface area contributed by atoms with Crippen molar-refractivity contribution in [1.29, 1.82) is 0 Å². The van der Waals surface area contributed by atoms with E-state index in [1.54, 1.807) is 16.2 Å². The molecule has 0 spiro atoms. The molecule has 3 amide bonds. The standard InChI is InChI=1S/C26H29N3O2S/c1-19-7-6-10-22(15-19)27-26(31)29(23-12-13-23)18-25(30)28(16-21-8-4-3-5-9-21)17-24-14-11-20(2)32-24/h3-11,14-15,23H,12-13,16-18H2,1-2H3,(H,27,31). The average molecular weight is 448 g/mol. The highest BCUT2D eigenvalue weighted by molar-refractivity contribution is 7.11. The van der Waals surface area contributed by atoms with Crippen molar-refractivity contribution < 1.29 is 9.59 Å². The van der Waals surface area contributed by atoms with Gasteiger partial charge in [0.2, 0.25) is 5.91 Å². The lowest BCUT2D eigenvalue weighted by atomic mass is 10.2. The Labute approximate surface area is 193 Å². The zero-order valence-electron chi connectivity index (χ0n) is 18.6. The monoisotopic (exact) mass is 447 g/mol. The molecule has 1 fully saturated rings. The number of urea groups is 1. The molecule has 4 rings (SSSR count). The smallest absolute Gasteiger partial charge is 0.322 e. The Morgan fingerprint density at radius 2 is 1.75 bits per heavy atom. The minimum absolute atomic E-state index is 0.0359. The number of hydrogen-bond donors (Lipinski definition) is 1. The van der Waals surface area contributed by atoms with Gasteiger partial charge in [0.15, 0.2) is 0 Å². The molecule has 5 nitrogen and oxygen atoms in total. The Bertz CT molecular complexity index is 1080. The van der Waals surface area contributed by atoms with Gasteiger partial charge in [-0.2, -0.15) is 0 Å². The summed E-state index contributed by atoms with van der Waals surface area (Å²) in [5, 5.41) is 2.97. The highest BCUT2D eigenvalue weighted by Crippen LogP contribution is 2.28. The summed E-state index contributed by atoms with van der Waals surface area (Å²) in [7, 11) is 0. The number of hydrogen-bond acceptors (Lipinski definition) is 3. The van der Waals surface area contributed by atoms with E-state index in [-0.39, 0.29) is 24.5 Å². The maximum absolute atomic E-state index is 13.4. The van der Waals surface area contributed by atoms with Gasteiger partial charge in [-0.05, 0) is 62.1 Å². The minimum atomic E-state index is -0.210. The molecule has 1 heterocycles. The molecular formula is C26H29N3O2S. The predicted octanol–water partition coefficient (Wildman–Crippen LogP) is 5.59. The minimum Gasteiger partial charge on any atom is -0.332 e. The fourth-order valence-corrected chi connectivity index (χ4v) is 4.62. The number of amides is 3. The van der Waals surface area contributed by atoms with Crippen LogP contribution in [0.1, 0.15) is 33.7 Å². The largest absolute Gasteiger partial charge is 0.332 e. The molecular weight excluding hydrogens is 418 g/mol. The van der Waals surface area contributed by atoms with Gasteiger partial charge in [-0.15, -0.1) is 11.3 Å². The first-order valence-corrected chi connectivity index (χ1v) is 11.8. The summed E-state index contributed by atoms with van der Waals surface area (Å²) < 4.78 is 0. The van der Waals surface area contributed by atoms with E-state index in [0.29, 0.717) is 13.1 Å². The Morgan fingerprint density at radius 3 is 2.41 bits per heavy atom. The third-order valence-electron chi connectivity index (χ3n) is 5.54. The second-order valence-corrected chi connectivity index (χ2v) is 9.78. The van der Waals surface area contributed by atoms with Gasteiger partial charge < -0.3 is 15.1 Å². The molecule has 32 heavy (non-hydrogen) atoms. The van der Waals surface area contributed by atoms with E-state index in [4.69, 9.17) is 0 Å². The molecule has 166 valence electrons. The van der Waals surface area contributed by atoms with Crippen LogP contribution in [0.3, 0.4) is 0 Å². The van der Waals surface area contributed by atoms with Crippen LogP contribution in [0.5, 0.6) is 0 Å². The predicted molar refractivity (Wildman–Crippen MR) is 130 cm³/mol. The van der Waals surface area contributed by atoms with Gasteiger partial charge in [0.25, 0.3) is 0 Å². The molecule has 0 radical (unpaired) electrons. The van der Waals surface area contributed by atoms with Gasteiger partial charge >= 0.3 is 6.03 Å². The fraction of sp³-hybridized carbons (Fsp3) is 0.308. The first kappa shape index (κ1) is 22.1. The third kappa shape index (κ3) is 5.98. The first-order chi connectivity index (χ1) is 15.5. The molecule has 1 saturated carbocycles. The van der Waals surface area contributed by atoms with Crippen molar-refractivity contribution in [2.24, 2.45) is 0 Å². The summed E-state index contributed by atoms with van der Waals surface area (Å²) in [4.78, 5) is 32.4. The molecule has 0 unspecified atom stereocenters. The van der Waals surface area contributed by atoms with Gasteiger partial charge in [-0.3, -0.25) is 4.79 Å². The topological polar surface area (TPSA) is 52.7 Å². The number of aryl methyl sites for hydroxylation is 2. The van der Waals surface area contributed by atoms with Gasteiger partial charge in [0.05, 0.1) is 6.54 Å². The van der Waals surface area contributed by atoms with Crippen LogP contribution >= 0.6 is 11.3 Å². The molecule has 1 aliphatic rings. The number of anilines is 1. The summed E-state index contributed by atoms with van der Waals surface area (Å²) in [5.41, 5.74) is 2.91. The molecule has 2 aromatic carbocycles. The van der Waals surface area contributed by atoms with Gasteiger partial charge in [0, 0.05) is 28.0 Å². The van der Waals surface area contributed by atoms with Crippen molar-refractivity contribution in [2.45, 2.75) is 45.8 Å². The SMILES string of the molecule is Cc1cccc(NC(=O)N(CC(=O)N(Cc2ccccc2)Cc2ccc(C)s2)C2CC2)c1. The number of benzene rings is 2. The van der Waals surface area contributed by atoms with E-state index < -0.39 is 0 Å². The number of thiophene rings is 1. The van der Waals surface area contributed by atoms with Crippen LogP contribution in [0.25, 0.3) is 0 Å². The highest BCUT2D eigenvalue weighted by atomic mass is 32.1. The lowest BCUT2D eigenvalue weighted by Crippen LogP contribution is -2.45. The van der Waals surface area contributed by atoms with Crippen molar-refractivity contribution in [2.75, 3.05) is 11.9 Å². The molecule has 6 heteroatoms. The van der Waals surface area contributed by atoms with E-state index in [2.05, 4.69) is 24.4 Å². The van der Waals surface area contributed by atoms with Crippen LogP contribution in [-0.4, -0.2) is 34.3 Å². The maximum atomic E-state index is 13.4. The second-order valence-electron chi connectivity index (χ2n) is 8.41. The van der Waals surface area contributed by atoms with E-state index >= 15 is 0 Å². The van der Waals surface area contributed by atoms with Crippen molar-refractivity contribution in [1.82, 2.24) is 9.80 Å². The van der Waals surface area contributed by atoms with E-state index in [1.807, 2.05) is 66.4 Å². The number of carbonyl (C=O) groups excluding carboxylic acids is 2. The summed E-state index contributed by atoms with van der Waals surface area (Å²) in [6.45, 7) is 5.21. The summed E-state index contributed by atoms with van der Waals surface area (Å²) >= 11 is 1.70. The number of nitrogens with one attached hydrogen (secondary N) is 1. The van der Waals surface area contributed by atoms with Crippen LogP contribution in [0.15, 0.2) is 66.7 Å². The summed E-state index contributed by atoms with van der Waals surface area (Å²) in [6.07, 6.45) is 1.88. The molecule has 0 aliphatic heterocycles. The van der Waals surface area contributed by atoms with Crippen LogP contribution in [0.2, 0.25) is 0 Å². The number of carbonyl (C=O) groups is 2. The van der Waals surface area contributed by atoms with E-state index in [1.165, 1.54) is 4.88 Å². The van der Waals surface area contributed by atoms with Gasteiger partial charge in [0.1, 0.15) is 6.54 Å². The van der Waals surface area contributed by atoms with Crippen molar-refractivity contribution in [3.8, 4) is 0 Å². The van der Waals surface area contributed by atoms with Gasteiger partial charge in [-0.25, -0.2) is 4.79 Å². The lowest BCUT2D eigenvalue weighted by molar-refractivity contribution is -0.133. The zero-order chi connectivity index (χ0) is 22.5. The molecule has 1 N–H and O–H groups in total. The molecule has 3 aromatic rings. The molecule has 1 aromatic heterocycles. The Morgan fingerprint density at radius 1 is 0.969 bits per heavy atom. The molecule has 0 bridgehead atoms. The molecule has 0 atom stereocenters. The van der Waals surface area contributed by atoms with E-state index in [0.717, 1.165) is 34.5 Å². The number of nitrogens with zero attached hydrogens (tertiary/aromatic N) is 2. The van der Waals surface area contributed by atoms with Crippen LogP contribution in [-0.2, 0) is 17.9 Å². The van der Waals surface area contributed by atoms with Crippen LogP contribution < -0.4 is 5.32 Å². The van der Waals surface area contributed by atoms with Crippen LogP contribution in [0.4, 0.5) is 10.5 Å². The van der Waals surface area contributed by atoms with E-state index in [9.17, 15) is 9.59 Å². The third-order valence-corrected chi connectivity index (χ3v) is 6.52. The fourth-order valence-electron chi connectivity index (χ4n) is 3.71. The van der Waals surface area contributed by atoms with Crippen molar-refractivity contribution >= 4 is 29.0 Å². The van der Waals surface area contributed by atoms with Crippen molar-refractivity contribution in [3.05, 3.63) is 87.6 Å². The Hall–Kier alpha value is -3.12. The number of rotatable bonds is 8. The van der Waals surface area contributed by atoms with Crippen molar-refractivity contribution in [3.63, 3.8) is 0 Å². The summed E-state index contributed by atoms with van der Waals surface area (Å²) in [5.74, 6) is -0.0359. The quantitative estimate of drug-likeness (QED) is 0.489. The average Bonchev–Trinajstić information content (AvgIpc) is 3.53. The normalized spacial score (nSPS) is 12.9. The highest BCUT2D eigenvalue weighted by Gasteiger charge is 2.35. The molecule has 1 aliphatic carbocycles. The van der Waals surface area contributed by atoms with Gasteiger partial charge in [-0.1, -0.05) is 42.5 Å². The Balaban J connectivity index is 1.48. The summed E-state index contributed by atoms with van der Waals surface area (Å²) in [6, 6.07) is 21.8. The van der Waals surface area contributed by atoms with Crippen LogP contribution in [0, 0.1) is 13.8 Å². The molecule has 0 saturated heterocycles. The lowest BCUT2D eigenvalue weighted by Gasteiger charge is -2.28. The Kier molecular flexibility index (Phi) is 6.90. The zero-order valence-corrected chi connectivity index (χ0v) is 19.4.